The average Bonchev–Trinajstić information content (AvgIpc) is 3.21. The Morgan fingerprint density at radius 2 is 1.82 bits per heavy atom. The lowest BCUT2D eigenvalue weighted by Gasteiger charge is -2.29. The number of rotatable bonds is 5. The van der Waals surface area contributed by atoms with Crippen molar-refractivity contribution in [3.63, 3.8) is 0 Å². The smallest absolute Gasteiger partial charge is 0.333 e. The van der Waals surface area contributed by atoms with E-state index in [1.54, 1.807) is 30.0 Å². The molecule has 0 radical (unpaired) electrons. The van der Waals surface area contributed by atoms with Gasteiger partial charge in [-0.15, -0.1) is 0 Å². The molecule has 4 heterocycles. The minimum Gasteiger partial charge on any atom is -0.484 e. The molecule has 0 spiro atoms. The maximum absolute atomic E-state index is 13.7. The number of nitrogens with one attached hydrogen (secondary N) is 1. The van der Waals surface area contributed by atoms with E-state index in [0.717, 1.165) is 36.7 Å². The molecule has 1 amide bonds. The van der Waals surface area contributed by atoms with Crippen LogP contribution in [0, 0.1) is 12.8 Å². The number of amides is 1. The summed E-state index contributed by atoms with van der Waals surface area (Å²) in [6.07, 6.45) is 6.72. The van der Waals surface area contributed by atoms with Crippen LogP contribution < -0.4 is 20.5 Å². The molecule has 1 saturated carbocycles. The number of carbonyl (C=O) groups is 1. The van der Waals surface area contributed by atoms with Crippen molar-refractivity contribution in [3.8, 4) is 17.3 Å². The molecule has 3 aromatic heterocycles. The maximum atomic E-state index is 13.7. The van der Waals surface area contributed by atoms with E-state index in [1.807, 2.05) is 34.9 Å². The summed E-state index contributed by atoms with van der Waals surface area (Å²) < 4.78 is 14.8. The van der Waals surface area contributed by atoms with Crippen molar-refractivity contribution in [2.24, 2.45) is 5.92 Å². The van der Waals surface area contributed by atoms with E-state index in [0.29, 0.717) is 59.3 Å². The van der Waals surface area contributed by atoms with Crippen LogP contribution >= 0.6 is 11.6 Å². The van der Waals surface area contributed by atoms with Gasteiger partial charge >= 0.3 is 5.69 Å². The van der Waals surface area contributed by atoms with Gasteiger partial charge in [0.2, 0.25) is 0 Å². The molecule has 1 aliphatic heterocycles. The number of aryl methyl sites for hydroxylation is 1. The summed E-state index contributed by atoms with van der Waals surface area (Å²) >= 11 is 6.04. The first-order chi connectivity index (χ1) is 18.5. The van der Waals surface area contributed by atoms with Crippen molar-refractivity contribution in [3.05, 3.63) is 75.6 Å². The first-order valence-corrected chi connectivity index (χ1v) is 13.2. The van der Waals surface area contributed by atoms with Crippen LogP contribution in [0.15, 0.2) is 53.6 Å². The highest BCUT2D eigenvalue weighted by Gasteiger charge is 2.26. The lowest BCUT2D eigenvalue weighted by atomic mass is 9.85. The Hall–Kier alpha value is -3.85. The second kappa shape index (κ2) is 10.1. The SMILES string of the molecule is Cc1ncc(Cl)cc1C(=O)N[C@H]1CC[C@H](Cn2c(=O)n(-c3cnc4c(c3)OCCO4)c3ccccc32)CC1. The van der Waals surface area contributed by atoms with Crippen LogP contribution in [0.25, 0.3) is 16.7 Å². The van der Waals surface area contributed by atoms with Gasteiger partial charge in [-0.2, -0.15) is 0 Å². The van der Waals surface area contributed by atoms with Gasteiger partial charge in [0.1, 0.15) is 13.2 Å². The van der Waals surface area contributed by atoms with Crippen molar-refractivity contribution in [1.29, 1.82) is 0 Å². The predicted molar refractivity (Wildman–Crippen MR) is 144 cm³/mol. The molecular weight excluding hydrogens is 506 g/mol. The molecule has 10 heteroatoms. The van der Waals surface area contributed by atoms with Crippen molar-refractivity contribution in [2.75, 3.05) is 13.2 Å². The van der Waals surface area contributed by atoms with E-state index in [-0.39, 0.29) is 17.6 Å². The molecule has 0 unspecified atom stereocenters. The minimum atomic E-state index is -0.145. The van der Waals surface area contributed by atoms with E-state index in [2.05, 4.69) is 15.3 Å². The molecule has 1 fully saturated rings. The molecule has 0 atom stereocenters. The minimum absolute atomic E-state index is 0.0824. The highest BCUT2D eigenvalue weighted by Crippen LogP contribution is 2.31. The van der Waals surface area contributed by atoms with Crippen molar-refractivity contribution in [2.45, 2.75) is 45.2 Å². The number of halogens is 1. The zero-order chi connectivity index (χ0) is 26.2. The average molecular weight is 534 g/mol. The van der Waals surface area contributed by atoms with Gasteiger partial charge in [-0.05, 0) is 56.7 Å². The summed E-state index contributed by atoms with van der Waals surface area (Å²) in [6.45, 7) is 3.33. The number of imidazole rings is 1. The van der Waals surface area contributed by atoms with Crippen LogP contribution in [0.4, 0.5) is 0 Å². The van der Waals surface area contributed by atoms with Crippen LogP contribution in [-0.4, -0.2) is 44.3 Å². The topological polar surface area (TPSA) is 100 Å². The number of hydrogen-bond donors (Lipinski definition) is 1. The summed E-state index contributed by atoms with van der Waals surface area (Å²) in [5.74, 6) is 1.17. The van der Waals surface area contributed by atoms with Crippen LogP contribution in [0.2, 0.25) is 5.02 Å². The molecule has 38 heavy (non-hydrogen) atoms. The van der Waals surface area contributed by atoms with Crippen LogP contribution in [-0.2, 0) is 6.54 Å². The van der Waals surface area contributed by atoms with Gasteiger partial charge in [0.05, 0.1) is 39.2 Å². The zero-order valence-corrected chi connectivity index (χ0v) is 21.8. The molecule has 0 saturated heterocycles. The first kappa shape index (κ1) is 24.5. The van der Waals surface area contributed by atoms with E-state index in [4.69, 9.17) is 21.1 Å². The Morgan fingerprint density at radius 3 is 2.63 bits per heavy atom. The van der Waals surface area contributed by atoms with Gasteiger partial charge in [-0.25, -0.2) is 9.78 Å². The Morgan fingerprint density at radius 1 is 1.05 bits per heavy atom. The van der Waals surface area contributed by atoms with E-state index in [9.17, 15) is 9.59 Å². The van der Waals surface area contributed by atoms with Crippen molar-refractivity contribution in [1.82, 2.24) is 24.4 Å². The number of aromatic nitrogens is 4. The second-order valence-corrected chi connectivity index (χ2v) is 10.3. The molecule has 1 aromatic carbocycles. The lowest BCUT2D eigenvalue weighted by Crippen LogP contribution is -2.39. The monoisotopic (exact) mass is 533 g/mol. The second-order valence-electron chi connectivity index (χ2n) is 9.89. The first-order valence-electron chi connectivity index (χ1n) is 12.9. The summed E-state index contributed by atoms with van der Waals surface area (Å²) in [7, 11) is 0. The van der Waals surface area contributed by atoms with Crippen LogP contribution in [0.5, 0.6) is 11.6 Å². The molecule has 1 aliphatic carbocycles. The Labute approximate surface area is 224 Å². The molecular formula is C28H28ClN5O4. The number of nitrogens with zero attached hydrogens (tertiary/aromatic N) is 4. The molecule has 196 valence electrons. The number of hydrogen-bond acceptors (Lipinski definition) is 6. The maximum Gasteiger partial charge on any atom is 0.333 e. The van der Waals surface area contributed by atoms with Gasteiger partial charge in [0.25, 0.3) is 11.8 Å². The highest BCUT2D eigenvalue weighted by atomic mass is 35.5. The summed E-state index contributed by atoms with van der Waals surface area (Å²) in [6, 6.07) is 11.4. The molecule has 4 aromatic rings. The van der Waals surface area contributed by atoms with E-state index >= 15 is 0 Å². The summed E-state index contributed by atoms with van der Waals surface area (Å²) in [4.78, 5) is 35.1. The number of para-hydroxylation sites is 2. The number of carbonyl (C=O) groups excluding carboxylic acids is 1. The fraction of sp³-hybridized carbons (Fsp3) is 0.357. The van der Waals surface area contributed by atoms with Gasteiger partial charge < -0.3 is 14.8 Å². The number of ether oxygens (including phenoxy) is 2. The third kappa shape index (κ3) is 4.62. The molecule has 6 rings (SSSR count). The van der Waals surface area contributed by atoms with Crippen LogP contribution in [0.1, 0.15) is 41.7 Å². The molecule has 0 bridgehead atoms. The fourth-order valence-corrected chi connectivity index (χ4v) is 5.59. The van der Waals surface area contributed by atoms with E-state index < -0.39 is 0 Å². The van der Waals surface area contributed by atoms with Crippen LogP contribution in [0.3, 0.4) is 0 Å². The fourth-order valence-electron chi connectivity index (χ4n) is 5.43. The normalized spacial score (nSPS) is 18.9. The van der Waals surface area contributed by atoms with Gasteiger partial charge in [-0.3, -0.25) is 18.9 Å². The largest absolute Gasteiger partial charge is 0.484 e. The molecule has 2 aliphatic rings. The van der Waals surface area contributed by atoms with E-state index in [1.165, 1.54) is 0 Å². The quantitative estimate of drug-likeness (QED) is 0.410. The summed E-state index contributed by atoms with van der Waals surface area (Å²) in [5, 5.41) is 3.59. The number of pyridine rings is 2. The number of benzene rings is 1. The molecule has 9 nitrogen and oxygen atoms in total. The third-order valence-electron chi connectivity index (χ3n) is 7.40. The zero-order valence-electron chi connectivity index (χ0n) is 21.0. The third-order valence-corrected chi connectivity index (χ3v) is 7.60. The van der Waals surface area contributed by atoms with Gasteiger partial charge in [-0.1, -0.05) is 23.7 Å². The lowest BCUT2D eigenvalue weighted by molar-refractivity contribution is 0.0919. The highest BCUT2D eigenvalue weighted by molar-refractivity contribution is 6.30. The Balaban J connectivity index is 1.19. The molecule has 1 N–H and O–H groups in total. The predicted octanol–water partition coefficient (Wildman–Crippen LogP) is 4.30. The van der Waals surface area contributed by atoms with Gasteiger partial charge in [0, 0.05) is 24.8 Å². The van der Waals surface area contributed by atoms with Gasteiger partial charge in [0.15, 0.2) is 5.75 Å². The Bertz CT molecular complexity index is 1570. The van der Waals surface area contributed by atoms with Crippen molar-refractivity contribution < 1.29 is 14.3 Å². The standard InChI is InChI=1S/C28H28ClN5O4/c1-17-22(12-19(29)14-30-17)26(35)32-20-8-6-18(7-9-20)16-33-23-4-2-3-5-24(23)34(28(33)36)21-13-25-27(31-15-21)38-11-10-37-25/h2-5,12-15,18,20H,6-11,16H2,1H3,(H,32,35)/t18-,20-. The number of fused-ring (bicyclic) bond motifs is 2. The van der Waals surface area contributed by atoms with Crippen molar-refractivity contribution >= 4 is 28.5 Å². The summed E-state index contributed by atoms with van der Waals surface area (Å²) in [5.41, 5.74) is 3.40. The Kier molecular flexibility index (Phi) is 6.53.